The molecule has 0 bridgehead atoms. The Labute approximate surface area is 140 Å². The van der Waals surface area contributed by atoms with Gasteiger partial charge in [-0.1, -0.05) is 18.2 Å². The maximum atomic E-state index is 12.7. The smallest absolute Gasteiger partial charge is 0.256 e. The third-order valence-electron chi connectivity index (χ3n) is 4.05. The number of methoxy groups -OCH3 is 1. The van der Waals surface area contributed by atoms with Crippen LogP contribution in [0.1, 0.15) is 23.2 Å². The maximum Gasteiger partial charge on any atom is 0.256 e. The third-order valence-corrected chi connectivity index (χ3v) is 4.05. The predicted molar refractivity (Wildman–Crippen MR) is 89.9 cm³/mol. The van der Waals surface area contributed by atoms with Crippen molar-refractivity contribution in [1.29, 1.82) is 0 Å². The van der Waals surface area contributed by atoms with Gasteiger partial charge in [-0.25, -0.2) is 4.98 Å². The lowest BCUT2D eigenvalue weighted by atomic mass is 10.1. The van der Waals surface area contributed by atoms with Gasteiger partial charge in [-0.05, 0) is 31.0 Å². The molecule has 1 fully saturated rings. The lowest BCUT2D eigenvalue weighted by molar-refractivity contribution is -0.119. The molecule has 3 rings (SSSR count). The van der Waals surface area contributed by atoms with Crippen LogP contribution in [0.4, 0.5) is 5.69 Å². The van der Waals surface area contributed by atoms with Crippen LogP contribution in [0.2, 0.25) is 0 Å². The van der Waals surface area contributed by atoms with Crippen molar-refractivity contribution in [3.8, 4) is 5.88 Å². The van der Waals surface area contributed by atoms with Crippen molar-refractivity contribution in [3.05, 3.63) is 54.2 Å². The molecule has 2 heterocycles. The standard InChI is InChI=1S/C18H19N3O3/c1-24-16-10-9-13(12-19-16)18(23)21-11-5-8-15(21)17(22)20-14-6-3-2-4-7-14/h2-4,6-7,9-10,12,15H,5,8,11H2,1H3,(H,20,22)/t15-/m0/s1. The Kier molecular flexibility index (Phi) is 4.74. The van der Waals surface area contributed by atoms with E-state index in [1.54, 1.807) is 17.0 Å². The summed E-state index contributed by atoms with van der Waals surface area (Å²) < 4.78 is 5.00. The van der Waals surface area contributed by atoms with Gasteiger partial charge >= 0.3 is 0 Å². The van der Waals surface area contributed by atoms with E-state index in [2.05, 4.69) is 10.3 Å². The van der Waals surface area contributed by atoms with E-state index in [9.17, 15) is 9.59 Å². The Bertz CT molecular complexity index is 716. The van der Waals surface area contributed by atoms with Crippen molar-refractivity contribution in [3.63, 3.8) is 0 Å². The average molecular weight is 325 g/mol. The van der Waals surface area contributed by atoms with Gasteiger partial charge in [0, 0.05) is 24.5 Å². The topological polar surface area (TPSA) is 71.5 Å². The molecule has 1 N–H and O–H groups in total. The molecule has 6 nitrogen and oxygen atoms in total. The fourth-order valence-electron chi connectivity index (χ4n) is 2.82. The highest BCUT2D eigenvalue weighted by Gasteiger charge is 2.34. The first kappa shape index (κ1) is 16.0. The molecule has 2 amide bonds. The Hall–Kier alpha value is -2.89. The van der Waals surface area contributed by atoms with Gasteiger partial charge in [0.1, 0.15) is 6.04 Å². The quantitative estimate of drug-likeness (QED) is 0.936. The average Bonchev–Trinajstić information content (AvgIpc) is 3.12. The van der Waals surface area contributed by atoms with Crippen LogP contribution in [0.5, 0.6) is 5.88 Å². The number of hydrogen-bond acceptors (Lipinski definition) is 4. The van der Waals surface area contributed by atoms with E-state index in [4.69, 9.17) is 4.74 Å². The minimum atomic E-state index is -0.459. The zero-order valence-corrected chi connectivity index (χ0v) is 13.4. The van der Waals surface area contributed by atoms with Gasteiger partial charge in [0.05, 0.1) is 12.7 Å². The molecule has 0 unspecified atom stereocenters. The number of ether oxygens (including phenoxy) is 1. The fraction of sp³-hybridized carbons (Fsp3) is 0.278. The first-order valence-electron chi connectivity index (χ1n) is 7.86. The van der Waals surface area contributed by atoms with E-state index < -0.39 is 6.04 Å². The molecule has 24 heavy (non-hydrogen) atoms. The summed E-state index contributed by atoms with van der Waals surface area (Å²) >= 11 is 0. The monoisotopic (exact) mass is 325 g/mol. The molecule has 1 aliphatic rings. The zero-order chi connectivity index (χ0) is 16.9. The first-order valence-corrected chi connectivity index (χ1v) is 7.86. The SMILES string of the molecule is COc1ccc(C(=O)N2CCC[C@H]2C(=O)Nc2ccccc2)cn1. The summed E-state index contributed by atoms with van der Waals surface area (Å²) in [6, 6.07) is 12.1. The van der Waals surface area contributed by atoms with Gasteiger partial charge in [-0.2, -0.15) is 0 Å². The molecule has 0 aliphatic carbocycles. The van der Waals surface area contributed by atoms with Gasteiger partial charge in [-0.15, -0.1) is 0 Å². The highest BCUT2D eigenvalue weighted by molar-refractivity contribution is 6.01. The largest absolute Gasteiger partial charge is 0.481 e. The Morgan fingerprint density at radius 3 is 2.67 bits per heavy atom. The molecule has 2 aromatic rings. The van der Waals surface area contributed by atoms with Gasteiger partial charge in [0.2, 0.25) is 11.8 Å². The molecule has 1 atom stereocenters. The number of likely N-dealkylation sites (tertiary alicyclic amines) is 1. The molecule has 0 radical (unpaired) electrons. The maximum absolute atomic E-state index is 12.7. The molecule has 1 saturated heterocycles. The van der Waals surface area contributed by atoms with E-state index in [-0.39, 0.29) is 11.8 Å². The fourth-order valence-corrected chi connectivity index (χ4v) is 2.82. The number of carbonyl (C=O) groups excluding carboxylic acids is 2. The summed E-state index contributed by atoms with van der Waals surface area (Å²) in [5, 5.41) is 2.87. The van der Waals surface area contributed by atoms with Crippen molar-refractivity contribution in [2.45, 2.75) is 18.9 Å². The Morgan fingerprint density at radius 1 is 1.21 bits per heavy atom. The minimum Gasteiger partial charge on any atom is -0.481 e. The second kappa shape index (κ2) is 7.12. The number of carbonyl (C=O) groups is 2. The number of hydrogen-bond donors (Lipinski definition) is 1. The molecule has 1 aliphatic heterocycles. The number of anilines is 1. The third kappa shape index (κ3) is 3.37. The molecule has 6 heteroatoms. The molecule has 124 valence electrons. The van der Waals surface area contributed by atoms with E-state index in [1.165, 1.54) is 13.3 Å². The molecular weight excluding hydrogens is 306 g/mol. The van der Waals surface area contributed by atoms with Crippen LogP contribution >= 0.6 is 0 Å². The van der Waals surface area contributed by atoms with E-state index in [1.807, 2.05) is 30.3 Å². The normalized spacial score (nSPS) is 16.7. The number of para-hydroxylation sites is 1. The van der Waals surface area contributed by atoms with Crippen molar-refractivity contribution in [1.82, 2.24) is 9.88 Å². The second-order valence-corrected chi connectivity index (χ2v) is 5.60. The van der Waals surface area contributed by atoms with Gasteiger partial charge in [-0.3, -0.25) is 9.59 Å². The summed E-state index contributed by atoms with van der Waals surface area (Å²) in [5.74, 6) is 0.107. The summed E-state index contributed by atoms with van der Waals surface area (Å²) in [4.78, 5) is 30.9. The molecular formula is C18H19N3O3. The summed E-state index contributed by atoms with van der Waals surface area (Å²) in [6.45, 7) is 0.567. The van der Waals surface area contributed by atoms with E-state index >= 15 is 0 Å². The lowest BCUT2D eigenvalue weighted by Gasteiger charge is -2.24. The number of nitrogens with zero attached hydrogens (tertiary/aromatic N) is 2. The Balaban J connectivity index is 1.72. The van der Waals surface area contributed by atoms with Crippen LogP contribution < -0.4 is 10.1 Å². The van der Waals surface area contributed by atoms with E-state index in [0.29, 0.717) is 24.4 Å². The molecule has 0 saturated carbocycles. The summed E-state index contributed by atoms with van der Waals surface area (Å²) in [5.41, 5.74) is 1.18. The number of benzene rings is 1. The van der Waals surface area contributed by atoms with Crippen LogP contribution in [0.25, 0.3) is 0 Å². The van der Waals surface area contributed by atoms with Crippen molar-refractivity contribution in [2.24, 2.45) is 0 Å². The molecule has 1 aromatic heterocycles. The van der Waals surface area contributed by atoms with E-state index in [0.717, 1.165) is 12.1 Å². The number of pyridine rings is 1. The number of nitrogens with one attached hydrogen (secondary N) is 1. The lowest BCUT2D eigenvalue weighted by Crippen LogP contribution is -2.43. The van der Waals surface area contributed by atoms with Crippen molar-refractivity contribution in [2.75, 3.05) is 19.0 Å². The summed E-state index contributed by atoms with van der Waals surface area (Å²) in [7, 11) is 1.52. The highest BCUT2D eigenvalue weighted by atomic mass is 16.5. The van der Waals surface area contributed by atoms with Gasteiger partial charge < -0.3 is 15.0 Å². The second-order valence-electron chi connectivity index (χ2n) is 5.60. The first-order chi connectivity index (χ1) is 11.7. The zero-order valence-electron chi connectivity index (χ0n) is 13.4. The molecule has 0 spiro atoms. The number of aromatic nitrogens is 1. The van der Waals surface area contributed by atoms with Crippen LogP contribution in [0.15, 0.2) is 48.7 Å². The number of amides is 2. The van der Waals surface area contributed by atoms with Gasteiger partial charge in [0.25, 0.3) is 5.91 Å². The highest BCUT2D eigenvalue weighted by Crippen LogP contribution is 2.22. The summed E-state index contributed by atoms with van der Waals surface area (Å²) in [6.07, 6.45) is 2.95. The minimum absolute atomic E-state index is 0.159. The molecule has 1 aromatic carbocycles. The van der Waals surface area contributed by atoms with Crippen molar-refractivity contribution < 1.29 is 14.3 Å². The van der Waals surface area contributed by atoms with Crippen LogP contribution in [-0.4, -0.2) is 41.4 Å². The van der Waals surface area contributed by atoms with Crippen molar-refractivity contribution >= 4 is 17.5 Å². The van der Waals surface area contributed by atoms with Crippen LogP contribution in [-0.2, 0) is 4.79 Å². The van der Waals surface area contributed by atoms with Crippen LogP contribution in [0, 0.1) is 0 Å². The number of rotatable bonds is 4. The Morgan fingerprint density at radius 2 is 2.00 bits per heavy atom. The predicted octanol–water partition coefficient (Wildman–Crippen LogP) is 2.33. The van der Waals surface area contributed by atoms with Gasteiger partial charge in [0.15, 0.2) is 0 Å². The van der Waals surface area contributed by atoms with Crippen LogP contribution in [0.3, 0.4) is 0 Å².